The van der Waals surface area contributed by atoms with Gasteiger partial charge in [-0.05, 0) is 12.1 Å². The van der Waals surface area contributed by atoms with Crippen molar-refractivity contribution < 1.29 is 9.13 Å². The number of nitrogens with two attached hydrogens (primary N) is 1. The molecule has 2 rings (SSSR count). The van der Waals surface area contributed by atoms with Crippen LogP contribution in [-0.2, 0) is 7.05 Å². The van der Waals surface area contributed by atoms with Crippen molar-refractivity contribution in [3.05, 3.63) is 18.1 Å². The van der Waals surface area contributed by atoms with Crippen LogP contribution in [0.4, 0.5) is 10.1 Å². The molecule has 0 fully saturated rings. The number of benzene rings is 1. The van der Waals surface area contributed by atoms with Crippen LogP contribution in [0, 0.1) is 5.95 Å². The molecule has 5 heteroatoms. The summed E-state index contributed by atoms with van der Waals surface area (Å²) in [5, 5.41) is 4.05. The molecule has 2 N–H and O–H groups in total. The Bertz CT molecular complexity index is 492. The van der Waals surface area contributed by atoms with Gasteiger partial charge in [0.25, 0.3) is 0 Å². The largest absolute Gasteiger partial charge is 0.495 e. The van der Waals surface area contributed by atoms with Gasteiger partial charge in [-0.3, -0.25) is 4.68 Å². The zero-order valence-corrected chi connectivity index (χ0v) is 7.91. The number of hydrogen-bond donors (Lipinski definition) is 1. The van der Waals surface area contributed by atoms with Gasteiger partial charge in [0.05, 0.1) is 18.0 Å². The third kappa shape index (κ3) is 1.02. The van der Waals surface area contributed by atoms with E-state index in [9.17, 15) is 4.39 Å². The maximum absolute atomic E-state index is 13.2. The number of fused-ring (bicyclic) bond motifs is 1. The van der Waals surface area contributed by atoms with E-state index in [1.54, 1.807) is 19.2 Å². The Balaban J connectivity index is 2.87. The van der Waals surface area contributed by atoms with Crippen molar-refractivity contribution in [3.63, 3.8) is 0 Å². The Morgan fingerprint density at radius 3 is 2.86 bits per heavy atom. The number of halogens is 1. The molecule has 0 aliphatic heterocycles. The number of aryl methyl sites for hydroxylation is 1. The molecule has 0 bridgehead atoms. The van der Waals surface area contributed by atoms with Gasteiger partial charge in [0.15, 0.2) is 0 Å². The normalized spacial score (nSPS) is 10.8. The van der Waals surface area contributed by atoms with E-state index >= 15 is 0 Å². The molecule has 0 atom stereocenters. The Labute approximate surface area is 80.1 Å². The average Bonchev–Trinajstić information content (AvgIpc) is 2.44. The molecular formula is C9H10FN3O. The molecule has 4 nitrogen and oxygen atoms in total. The molecule has 0 saturated heterocycles. The molecule has 0 unspecified atom stereocenters. The summed E-state index contributed by atoms with van der Waals surface area (Å²) in [5.74, 6) is 0.0114. The molecule has 0 radical (unpaired) electrons. The lowest BCUT2D eigenvalue weighted by atomic mass is 10.2. The summed E-state index contributed by atoms with van der Waals surface area (Å²) < 4.78 is 19.6. The quantitative estimate of drug-likeness (QED) is 0.698. The Morgan fingerprint density at radius 1 is 1.50 bits per heavy atom. The zero-order chi connectivity index (χ0) is 10.3. The molecule has 1 heterocycles. The van der Waals surface area contributed by atoms with Crippen LogP contribution in [0.3, 0.4) is 0 Å². The van der Waals surface area contributed by atoms with Crippen molar-refractivity contribution in [2.45, 2.75) is 0 Å². The molecule has 14 heavy (non-hydrogen) atoms. The van der Waals surface area contributed by atoms with E-state index in [0.29, 0.717) is 22.3 Å². The number of ether oxygens (including phenoxy) is 1. The maximum Gasteiger partial charge on any atom is 0.240 e. The van der Waals surface area contributed by atoms with Gasteiger partial charge in [-0.2, -0.15) is 4.39 Å². The van der Waals surface area contributed by atoms with E-state index in [-0.39, 0.29) is 0 Å². The number of nitrogen functional groups attached to an aromatic ring is 1. The number of methoxy groups -OCH3 is 1. The predicted molar refractivity (Wildman–Crippen MR) is 51.6 cm³/mol. The van der Waals surface area contributed by atoms with Crippen LogP contribution in [0.15, 0.2) is 12.1 Å². The highest BCUT2D eigenvalue weighted by Gasteiger charge is 2.13. The maximum atomic E-state index is 13.2. The summed E-state index contributed by atoms with van der Waals surface area (Å²) >= 11 is 0. The van der Waals surface area contributed by atoms with Crippen molar-refractivity contribution in [2.75, 3.05) is 12.8 Å². The molecule has 2 aromatic rings. The van der Waals surface area contributed by atoms with Gasteiger partial charge in [-0.25, -0.2) is 0 Å². The molecular weight excluding hydrogens is 185 g/mol. The number of nitrogens with zero attached hydrogens (tertiary/aromatic N) is 2. The minimum absolute atomic E-state index is 0.406. The number of anilines is 1. The van der Waals surface area contributed by atoms with E-state index in [4.69, 9.17) is 10.5 Å². The first-order valence-corrected chi connectivity index (χ1v) is 4.10. The van der Waals surface area contributed by atoms with Crippen molar-refractivity contribution in [1.82, 2.24) is 9.78 Å². The monoisotopic (exact) mass is 195 g/mol. The van der Waals surface area contributed by atoms with Crippen molar-refractivity contribution >= 4 is 16.6 Å². The van der Waals surface area contributed by atoms with Crippen LogP contribution in [0.25, 0.3) is 10.9 Å². The third-order valence-electron chi connectivity index (χ3n) is 2.18. The second kappa shape index (κ2) is 2.87. The molecule has 1 aromatic heterocycles. The van der Waals surface area contributed by atoms with Crippen LogP contribution in [0.1, 0.15) is 0 Å². The fraction of sp³-hybridized carbons (Fsp3) is 0.222. The van der Waals surface area contributed by atoms with Crippen molar-refractivity contribution in [2.24, 2.45) is 7.05 Å². The third-order valence-corrected chi connectivity index (χ3v) is 2.18. The SMILES string of the molecule is COc1ccc2c(F)nn(C)c2c1N. The minimum atomic E-state index is -0.517. The highest BCUT2D eigenvalue weighted by atomic mass is 19.1. The number of rotatable bonds is 1. The van der Waals surface area contributed by atoms with Gasteiger partial charge in [0, 0.05) is 7.05 Å². The van der Waals surface area contributed by atoms with Crippen LogP contribution >= 0.6 is 0 Å². The smallest absolute Gasteiger partial charge is 0.240 e. The van der Waals surface area contributed by atoms with Crippen LogP contribution in [0.5, 0.6) is 5.75 Å². The van der Waals surface area contributed by atoms with Gasteiger partial charge in [0.1, 0.15) is 11.4 Å². The van der Waals surface area contributed by atoms with E-state index in [1.807, 2.05) is 0 Å². The minimum Gasteiger partial charge on any atom is -0.495 e. The Kier molecular flexibility index (Phi) is 1.80. The first kappa shape index (κ1) is 8.80. The average molecular weight is 195 g/mol. The van der Waals surface area contributed by atoms with Crippen LogP contribution < -0.4 is 10.5 Å². The summed E-state index contributed by atoms with van der Waals surface area (Å²) in [7, 11) is 3.16. The number of hydrogen-bond acceptors (Lipinski definition) is 3. The summed E-state index contributed by atoms with van der Waals surface area (Å²) in [4.78, 5) is 0. The molecule has 1 aromatic carbocycles. The van der Waals surface area contributed by atoms with E-state index < -0.39 is 5.95 Å². The fourth-order valence-electron chi connectivity index (χ4n) is 1.52. The molecule has 0 aliphatic rings. The Morgan fingerprint density at radius 2 is 2.21 bits per heavy atom. The molecule has 0 aliphatic carbocycles. The molecule has 0 spiro atoms. The highest BCUT2D eigenvalue weighted by Crippen LogP contribution is 2.30. The van der Waals surface area contributed by atoms with Crippen molar-refractivity contribution in [3.8, 4) is 5.75 Å². The summed E-state index contributed by atoms with van der Waals surface area (Å²) in [5.41, 5.74) is 6.75. The van der Waals surface area contributed by atoms with Crippen molar-refractivity contribution in [1.29, 1.82) is 0 Å². The topological polar surface area (TPSA) is 53.1 Å². The van der Waals surface area contributed by atoms with E-state index in [2.05, 4.69) is 5.10 Å². The molecule has 0 saturated carbocycles. The van der Waals surface area contributed by atoms with Gasteiger partial charge in [0.2, 0.25) is 5.95 Å². The molecule has 0 amide bonds. The fourth-order valence-corrected chi connectivity index (χ4v) is 1.52. The number of aromatic nitrogens is 2. The summed E-state index contributed by atoms with van der Waals surface area (Å²) in [6.07, 6.45) is 0. The lowest BCUT2D eigenvalue weighted by molar-refractivity contribution is 0.417. The predicted octanol–water partition coefficient (Wildman–Crippen LogP) is 1.30. The van der Waals surface area contributed by atoms with E-state index in [1.165, 1.54) is 11.8 Å². The first-order chi connectivity index (χ1) is 6.65. The lowest BCUT2D eigenvalue weighted by Gasteiger charge is -2.05. The summed E-state index contributed by atoms with van der Waals surface area (Å²) in [6, 6.07) is 3.23. The second-order valence-corrected chi connectivity index (χ2v) is 2.99. The molecule has 74 valence electrons. The Hall–Kier alpha value is -1.78. The first-order valence-electron chi connectivity index (χ1n) is 4.10. The van der Waals surface area contributed by atoms with Gasteiger partial charge in [-0.15, -0.1) is 5.10 Å². The lowest BCUT2D eigenvalue weighted by Crippen LogP contribution is -1.97. The summed E-state index contributed by atoms with van der Waals surface area (Å²) in [6.45, 7) is 0. The highest BCUT2D eigenvalue weighted by molar-refractivity contribution is 5.93. The second-order valence-electron chi connectivity index (χ2n) is 2.99. The van der Waals surface area contributed by atoms with Gasteiger partial charge in [-0.1, -0.05) is 0 Å². The van der Waals surface area contributed by atoms with Gasteiger partial charge < -0.3 is 10.5 Å². The van der Waals surface area contributed by atoms with E-state index in [0.717, 1.165) is 0 Å². The standard InChI is InChI=1S/C9H10FN3O/c1-13-8-5(9(10)12-13)3-4-6(14-2)7(8)11/h3-4H,11H2,1-2H3. The zero-order valence-electron chi connectivity index (χ0n) is 7.91. The van der Waals surface area contributed by atoms with Crippen LogP contribution in [-0.4, -0.2) is 16.9 Å². The van der Waals surface area contributed by atoms with Gasteiger partial charge >= 0.3 is 0 Å². The van der Waals surface area contributed by atoms with Crippen LogP contribution in [0.2, 0.25) is 0 Å².